The second-order valence-electron chi connectivity index (χ2n) is 7.56. The number of benzene rings is 2. The van der Waals surface area contributed by atoms with Gasteiger partial charge in [0.1, 0.15) is 11.9 Å². The van der Waals surface area contributed by atoms with E-state index in [0.29, 0.717) is 0 Å². The first-order chi connectivity index (χ1) is 12.0. The highest BCUT2D eigenvalue weighted by Crippen LogP contribution is 2.43. The van der Waals surface area contributed by atoms with Gasteiger partial charge in [-0.1, -0.05) is 42.5 Å². The fraction of sp³-hybridized carbons (Fsp3) is 0.429. The summed E-state index contributed by atoms with van der Waals surface area (Å²) in [6.07, 6.45) is 3.63. The molecule has 2 heterocycles. The average Bonchev–Trinajstić information content (AvgIpc) is 2.79. The second-order valence-corrected chi connectivity index (χ2v) is 7.56. The lowest BCUT2D eigenvalue weighted by Crippen LogP contribution is -2.54. The van der Waals surface area contributed by atoms with Crippen LogP contribution < -0.4 is 0 Å². The SMILES string of the molecule is C[N+]1([O-])[C@@H]2CC[C@H]1CC(OC(c1ccccc1)c1ccc(O)cc1)C2. The maximum Gasteiger partial charge on any atom is 0.115 e. The van der Waals surface area contributed by atoms with E-state index in [-0.39, 0.29) is 34.7 Å². The molecular formula is C21H25NO3. The Balaban J connectivity index is 1.58. The third kappa shape index (κ3) is 3.17. The molecule has 0 spiro atoms. The van der Waals surface area contributed by atoms with Gasteiger partial charge in [-0.3, -0.25) is 0 Å². The van der Waals surface area contributed by atoms with Crippen molar-refractivity contribution >= 4 is 0 Å². The zero-order chi connectivity index (χ0) is 17.4. The van der Waals surface area contributed by atoms with Crippen LogP contribution in [0.4, 0.5) is 0 Å². The largest absolute Gasteiger partial charge is 0.633 e. The Morgan fingerprint density at radius 1 is 0.960 bits per heavy atom. The number of rotatable bonds is 4. The zero-order valence-electron chi connectivity index (χ0n) is 14.5. The number of phenolic OH excluding ortho intramolecular Hbond substituents is 1. The van der Waals surface area contributed by atoms with E-state index >= 15 is 0 Å². The molecule has 2 aliphatic rings. The van der Waals surface area contributed by atoms with Crippen LogP contribution >= 0.6 is 0 Å². The Labute approximate surface area is 148 Å². The number of ether oxygens (including phenoxy) is 1. The molecule has 4 rings (SSSR count). The molecule has 0 radical (unpaired) electrons. The van der Waals surface area contributed by atoms with Crippen LogP contribution in [0.25, 0.3) is 0 Å². The normalized spacial score (nSPS) is 32.5. The van der Waals surface area contributed by atoms with Crippen LogP contribution in [0.2, 0.25) is 0 Å². The molecule has 2 saturated heterocycles. The molecule has 132 valence electrons. The van der Waals surface area contributed by atoms with Gasteiger partial charge in [0.25, 0.3) is 0 Å². The molecule has 0 saturated carbocycles. The lowest BCUT2D eigenvalue weighted by molar-refractivity contribution is -0.903. The molecule has 2 fully saturated rings. The zero-order valence-corrected chi connectivity index (χ0v) is 14.5. The van der Waals surface area contributed by atoms with E-state index in [1.165, 1.54) is 0 Å². The van der Waals surface area contributed by atoms with Crippen LogP contribution in [0.3, 0.4) is 0 Å². The molecule has 2 aliphatic heterocycles. The van der Waals surface area contributed by atoms with Gasteiger partial charge in [0.05, 0.1) is 25.2 Å². The van der Waals surface area contributed by atoms with Crippen molar-refractivity contribution in [3.8, 4) is 5.75 Å². The monoisotopic (exact) mass is 339 g/mol. The number of hydrogen-bond donors (Lipinski definition) is 1. The van der Waals surface area contributed by atoms with E-state index in [1.54, 1.807) is 12.1 Å². The van der Waals surface area contributed by atoms with E-state index in [0.717, 1.165) is 36.8 Å². The molecule has 0 amide bonds. The molecule has 3 unspecified atom stereocenters. The lowest BCUT2D eigenvalue weighted by atomic mass is 9.97. The van der Waals surface area contributed by atoms with Crippen LogP contribution in [-0.2, 0) is 4.74 Å². The van der Waals surface area contributed by atoms with Crippen molar-refractivity contribution in [1.29, 1.82) is 0 Å². The molecule has 2 aromatic carbocycles. The van der Waals surface area contributed by atoms with Crippen LogP contribution in [0.5, 0.6) is 5.75 Å². The molecule has 5 atom stereocenters. The van der Waals surface area contributed by atoms with Gasteiger partial charge in [-0.15, -0.1) is 0 Å². The number of fused-ring (bicyclic) bond motifs is 2. The summed E-state index contributed by atoms with van der Waals surface area (Å²) in [5.41, 5.74) is 2.13. The molecule has 25 heavy (non-hydrogen) atoms. The van der Waals surface area contributed by atoms with E-state index in [2.05, 4.69) is 12.1 Å². The first-order valence-electron chi connectivity index (χ1n) is 9.10. The summed E-state index contributed by atoms with van der Waals surface area (Å²) in [5.74, 6) is 0.255. The van der Waals surface area contributed by atoms with E-state index in [1.807, 2.05) is 37.4 Å². The van der Waals surface area contributed by atoms with Crippen molar-refractivity contribution in [3.63, 3.8) is 0 Å². The van der Waals surface area contributed by atoms with Crippen molar-refractivity contribution in [2.45, 2.75) is 50.0 Å². The predicted molar refractivity (Wildman–Crippen MR) is 96.9 cm³/mol. The van der Waals surface area contributed by atoms with Gasteiger partial charge >= 0.3 is 0 Å². The molecule has 0 aromatic heterocycles. The van der Waals surface area contributed by atoms with Crippen molar-refractivity contribution in [3.05, 3.63) is 70.9 Å². The predicted octanol–water partition coefficient (Wildman–Crippen LogP) is 4.14. The maximum atomic E-state index is 12.7. The van der Waals surface area contributed by atoms with Gasteiger partial charge in [-0.2, -0.15) is 0 Å². The summed E-state index contributed by atoms with van der Waals surface area (Å²) >= 11 is 0. The summed E-state index contributed by atoms with van der Waals surface area (Å²) in [6.45, 7) is 0. The van der Waals surface area contributed by atoms with Crippen LogP contribution in [0.1, 0.15) is 42.9 Å². The number of quaternary nitrogens is 1. The van der Waals surface area contributed by atoms with Gasteiger partial charge < -0.3 is 19.7 Å². The summed E-state index contributed by atoms with van der Waals surface area (Å²) in [6, 6.07) is 17.7. The highest BCUT2D eigenvalue weighted by atomic mass is 16.6. The van der Waals surface area contributed by atoms with E-state index in [9.17, 15) is 10.3 Å². The number of piperidine rings is 1. The highest BCUT2D eigenvalue weighted by Gasteiger charge is 2.47. The third-order valence-electron chi connectivity index (χ3n) is 5.98. The van der Waals surface area contributed by atoms with E-state index in [4.69, 9.17) is 4.74 Å². The Hall–Kier alpha value is -1.88. The molecule has 2 bridgehead atoms. The average molecular weight is 339 g/mol. The molecular weight excluding hydrogens is 314 g/mol. The number of hydrogen-bond acceptors (Lipinski definition) is 3. The van der Waals surface area contributed by atoms with Crippen LogP contribution in [0.15, 0.2) is 54.6 Å². The van der Waals surface area contributed by atoms with Crippen molar-refractivity contribution < 1.29 is 14.5 Å². The highest BCUT2D eigenvalue weighted by molar-refractivity contribution is 5.33. The van der Waals surface area contributed by atoms with Gasteiger partial charge in [-0.25, -0.2) is 0 Å². The number of nitrogens with zero attached hydrogens (tertiary/aromatic N) is 1. The fourth-order valence-corrected chi connectivity index (χ4v) is 4.48. The summed E-state index contributed by atoms with van der Waals surface area (Å²) < 4.78 is 6.46. The standard InChI is InChI=1S/C21H25NO3/c1-22(24)17-9-10-18(22)14-20(13-17)25-21(15-5-3-2-4-6-15)16-7-11-19(23)12-8-16/h2-8,11-12,17-18,20-21,23H,9-10,13-14H2,1H3/t17-,18+,20?,21?,22?. The van der Waals surface area contributed by atoms with Gasteiger partial charge in [-0.05, 0) is 23.3 Å². The first-order valence-corrected chi connectivity index (χ1v) is 9.10. The minimum absolute atomic E-state index is 0.0882. The Kier molecular flexibility index (Phi) is 4.28. The lowest BCUT2D eigenvalue weighted by Gasteiger charge is -2.50. The fourth-order valence-electron chi connectivity index (χ4n) is 4.48. The minimum atomic E-state index is -0.172. The van der Waals surface area contributed by atoms with Crippen molar-refractivity contribution in [1.82, 2.24) is 0 Å². The first kappa shape index (κ1) is 16.6. The Morgan fingerprint density at radius 2 is 1.52 bits per heavy atom. The minimum Gasteiger partial charge on any atom is -0.633 e. The summed E-state index contributed by atoms with van der Waals surface area (Å²) in [4.78, 5) is 0. The van der Waals surface area contributed by atoms with Crippen molar-refractivity contribution in [2.24, 2.45) is 0 Å². The topological polar surface area (TPSA) is 52.5 Å². The molecule has 4 heteroatoms. The Bertz CT molecular complexity index is 698. The number of phenols is 1. The number of aromatic hydroxyl groups is 1. The maximum absolute atomic E-state index is 12.7. The van der Waals surface area contributed by atoms with Crippen LogP contribution in [0, 0.1) is 5.21 Å². The number of hydroxylamine groups is 3. The summed E-state index contributed by atoms with van der Waals surface area (Å²) in [5, 5.41) is 22.3. The molecule has 4 nitrogen and oxygen atoms in total. The third-order valence-corrected chi connectivity index (χ3v) is 5.98. The van der Waals surface area contributed by atoms with Gasteiger partial charge in [0.15, 0.2) is 0 Å². The van der Waals surface area contributed by atoms with Gasteiger partial charge in [0, 0.05) is 25.7 Å². The van der Waals surface area contributed by atoms with Crippen LogP contribution in [-0.4, -0.2) is 35.0 Å². The second kappa shape index (κ2) is 6.45. The van der Waals surface area contributed by atoms with Gasteiger partial charge in [0.2, 0.25) is 0 Å². The van der Waals surface area contributed by atoms with Crippen molar-refractivity contribution in [2.75, 3.05) is 7.05 Å². The molecule has 2 aromatic rings. The smallest absolute Gasteiger partial charge is 0.115 e. The summed E-state index contributed by atoms with van der Waals surface area (Å²) in [7, 11) is 1.83. The molecule has 1 N–H and O–H groups in total. The molecule has 0 aliphatic carbocycles. The van der Waals surface area contributed by atoms with E-state index < -0.39 is 0 Å². The Morgan fingerprint density at radius 3 is 2.12 bits per heavy atom. The quantitative estimate of drug-likeness (QED) is 0.673.